The lowest BCUT2D eigenvalue weighted by atomic mass is 10.2. The van der Waals surface area contributed by atoms with Crippen LogP contribution in [0.3, 0.4) is 0 Å². The molecular weight excluding hydrogens is 322 g/mol. The van der Waals surface area contributed by atoms with Crippen LogP contribution < -0.4 is 10.1 Å². The molecule has 0 bridgehead atoms. The van der Waals surface area contributed by atoms with Gasteiger partial charge in [-0.05, 0) is 43.3 Å². The maximum atomic E-state index is 11.7. The topological polar surface area (TPSA) is 77.8 Å². The molecule has 0 saturated carbocycles. The number of rotatable bonds is 7. The Balaban J connectivity index is 1.67. The summed E-state index contributed by atoms with van der Waals surface area (Å²) in [5.41, 5.74) is 0. The molecule has 7 heteroatoms. The number of benzene rings is 1. The Morgan fingerprint density at radius 2 is 1.96 bits per heavy atom. The summed E-state index contributed by atoms with van der Waals surface area (Å²) in [6.07, 6.45) is 1.52. The second-order valence-electron chi connectivity index (χ2n) is 4.71. The van der Waals surface area contributed by atoms with Crippen molar-refractivity contribution in [2.24, 2.45) is 0 Å². The molecule has 0 saturated heterocycles. The molecule has 1 aromatic carbocycles. The maximum absolute atomic E-state index is 11.7. The van der Waals surface area contributed by atoms with Crippen molar-refractivity contribution in [3.63, 3.8) is 0 Å². The third-order valence-corrected chi connectivity index (χ3v) is 3.13. The monoisotopic (exact) mass is 337 g/mol. The first-order valence-corrected chi connectivity index (χ1v) is 7.29. The highest BCUT2D eigenvalue weighted by Gasteiger charge is 2.13. The smallest absolute Gasteiger partial charge is 0.344 e. The summed E-state index contributed by atoms with van der Waals surface area (Å²) in [6.45, 7) is 1.10. The second-order valence-corrected chi connectivity index (χ2v) is 5.14. The molecule has 0 fully saturated rings. The van der Waals surface area contributed by atoms with Crippen molar-refractivity contribution in [2.75, 3.05) is 13.2 Å². The molecule has 1 N–H and O–H groups in total. The second kappa shape index (κ2) is 8.24. The predicted molar refractivity (Wildman–Crippen MR) is 83.2 cm³/mol. The molecule has 122 valence electrons. The Morgan fingerprint density at radius 1 is 1.22 bits per heavy atom. The fourth-order valence-electron chi connectivity index (χ4n) is 1.75. The highest BCUT2D eigenvalue weighted by atomic mass is 35.5. The molecule has 0 unspecified atom stereocenters. The van der Waals surface area contributed by atoms with Gasteiger partial charge >= 0.3 is 5.97 Å². The number of carbonyl (C=O) groups excluding carboxylic acids is 2. The number of amides is 1. The molecule has 2 aromatic rings. The van der Waals surface area contributed by atoms with Crippen LogP contribution in [0.25, 0.3) is 0 Å². The minimum atomic E-state index is -0.638. The summed E-state index contributed by atoms with van der Waals surface area (Å²) in [5, 5.41) is 3.22. The maximum Gasteiger partial charge on any atom is 0.344 e. The van der Waals surface area contributed by atoms with Gasteiger partial charge in [0.1, 0.15) is 11.5 Å². The third-order valence-electron chi connectivity index (χ3n) is 2.88. The van der Waals surface area contributed by atoms with Gasteiger partial charge in [-0.15, -0.1) is 0 Å². The van der Waals surface area contributed by atoms with Gasteiger partial charge in [0.25, 0.3) is 5.91 Å². The van der Waals surface area contributed by atoms with Crippen molar-refractivity contribution in [1.82, 2.24) is 5.32 Å². The zero-order chi connectivity index (χ0) is 16.7. The summed E-state index contributed by atoms with van der Waals surface area (Å²) in [6, 6.07) is 9.72. The fourth-order valence-corrected chi connectivity index (χ4v) is 1.88. The van der Waals surface area contributed by atoms with Crippen LogP contribution in [0.1, 0.15) is 18.7 Å². The Bertz CT molecular complexity index is 639. The average molecular weight is 338 g/mol. The molecule has 1 amide bonds. The van der Waals surface area contributed by atoms with E-state index in [0.29, 0.717) is 16.5 Å². The molecule has 0 aliphatic rings. The number of furan rings is 1. The molecule has 23 heavy (non-hydrogen) atoms. The van der Waals surface area contributed by atoms with Gasteiger partial charge in [-0.2, -0.15) is 0 Å². The van der Waals surface area contributed by atoms with E-state index in [2.05, 4.69) is 5.32 Å². The van der Waals surface area contributed by atoms with E-state index in [1.165, 1.54) is 6.26 Å². The van der Waals surface area contributed by atoms with Gasteiger partial charge in [-0.3, -0.25) is 4.79 Å². The third kappa shape index (κ3) is 5.67. The van der Waals surface area contributed by atoms with Crippen molar-refractivity contribution in [2.45, 2.75) is 13.0 Å². The summed E-state index contributed by atoms with van der Waals surface area (Å²) in [4.78, 5) is 23.2. The average Bonchev–Trinajstić information content (AvgIpc) is 3.07. The zero-order valence-electron chi connectivity index (χ0n) is 12.5. The Kier molecular flexibility index (Phi) is 6.05. The Hall–Kier alpha value is -2.47. The van der Waals surface area contributed by atoms with Crippen LogP contribution in [0.5, 0.6) is 5.75 Å². The number of halogens is 1. The fraction of sp³-hybridized carbons (Fsp3) is 0.250. The minimum Gasteiger partial charge on any atom is -0.482 e. The first kappa shape index (κ1) is 16.9. The summed E-state index contributed by atoms with van der Waals surface area (Å²) in [5.74, 6) is 0.0486. The molecule has 6 nitrogen and oxygen atoms in total. The van der Waals surface area contributed by atoms with E-state index in [-0.39, 0.29) is 19.3 Å². The number of carbonyl (C=O) groups is 2. The van der Waals surface area contributed by atoms with Gasteiger partial charge in [-0.1, -0.05) is 11.6 Å². The first-order chi connectivity index (χ1) is 11.0. The molecular formula is C16H16ClNO5. The Labute approximate surface area is 138 Å². The SMILES string of the molecule is C[C@@H](NC(=O)COC(=O)COc1ccc(Cl)cc1)c1ccco1. The van der Waals surface area contributed by atoms with Crippen molar-refractivity contribution >= 4 is 23.5 Å². The zero-order valence-corrected chi connectivity index (χ0v) is 13.2. The van der Waals surface area contributed by atoms with Crippen LogP contribution >= 0.6 is 11.6 Å². The standard InChI is InChI=1S/C16H16ClNO5/c1-11(14-3-2-8-21-14)18-15(19)9-23-16(20)10-22-13-6-4-12(17)5-7-13/h2-8,11H,9-10H2,1H3,(H,18,19)/t11-/m1/s1. The molecule has 2 rings (SSSR count). The Morgan fingerprint density at radius 3 is 2.61 bits per heavy atom. The van der Waals surface area contributed by atoms with Crippen LogP contribution in [-0.4, -0.2) is 25.1 Å². The van der Waals surface area contributed by atoms with E-state index in [1.54, 1.807) is 43.3 Å². The van der Waals surface area contributed by atoms with Gasteiger partial charge in [0.05, 0.1) is 12.3 Å². The van der Waals surface area contributed by atoms with E-state index >= 15 is 0 Å². The van der Waals surface area contributed by atoms with E-state index < -0.39 is 11.9 Å². The van der Waals surface area contributed by atoms with Crippen molar-refractivity contribution in [3.8, 4) is 5.75 Å². The van der Waals surface area contributed by atoms with Crippen LogP contribution in [0.2, 0.25) is 5.02 Å². The molecule has 0 spiro atoms. The number of hydrogen-bond donors (Lipinski definition) is 1. The number of hydrogen-bond acceptors (Lipinski definition) is 5. The lowest BCUT2D eigenvalue weighted by Crippen LogP contribution is -2.31. The van der Waals surface area contributed by atoms with Crippen LogP contribution in [-0.2, 0) is 14.3 Å². The summed E-state index contributed by atoms with van der Waals surface area (Å²) < 4.78 is 15.2. The summed E-state index contributed by atoms with van der Waals surface area (Å²) >= 11 is 5.74. The highest BCUT2D eigenvalue weighted by molar-refractivity contribution is 6.30. The van der Waals surface area contributed by atoms with Gasteiger partial charge in [-0.25, -0.2) is 4.79 Å². The first-order valence-electron chi connectivity index (χ1n) is 6.91. The lowest BCUT2D eigenvalue weighted by molar-refractivity contribution is -0.150. The van der Waals surface area contributed by atoms with Gasteiger partial charge < -0.3 is 19.2 Å². The lowest BCUT2D eigenvalue weighted by Gasteiger charge is -2.11. The van der Waals surface area contributed by atoms with Gasteiger partial charge in [0.2, 0.25) is 0 Å². The molecule has 1 aromatic heterocycles. The van der Waals surface area contributed by atoms with Gasteiger partial charge in [0, 0.05) is 5.02 Å². The summed E-state index contributed by atoms with van der Waals surface area (Å²) in [7, 11) is 0. The molecule has 0 aliphatic carbocycles. The quantitative estimate of drug-likeness (QED) is 0.786. The largest absolute Gasteiger partial charge is 0.482 e. The van der Waals surface area contributed by atoms with Crippen LogP contribution in [0.4, 0.5) is 0 Å². The minimum absolute atomic E-state index is 0.289. The molecule has 0 radical (unpaired) electrons. The van der Waals surface area contributed by atoms with E-state index in [9.17, 15) is 9.59 Å². The van der Waals surface area contributed by atoms with E-state index in [0.717, 1.165) is 0 Å². The highest BCUT2D eigenvalue weighted by Crippen LogP contribution is 2.15. The normalized spacial score (nSPS) is 11.6. The van der Waals surface area contributed by atoms with Gasteiger partial charge in [0.15, 0.2) is 13.2 Å². The van der Waals surface area contributed by atoms with E-state index in [4.69, 9.17) is 25.5 Å². The molecule has 1 atom stereocenters. The van der Waals surface area contributed by atoms with Crippen molar-refractivity contribution in [1.29, 1.82) is 0 Å². The van der Waals surface area contributed by atoms with Crippen molar-refractivity contribution < 1.29 is 23.5 Å². The number of nitrogens with one attached hydrogen (secondary N) is 1. The predicted octanol–water partition coefficient (Wildman–Crippen LogP) is 2.73. The van der Waals surface area contributed by atoms with Crippen LogP contribution in [0.15, 0.2) is 47.1 Å². The van der Waals surface area contributed by atoms with Crippen LogP contribution in [0, 0.1) is 0 Å². The number of ether oxygens (including phenoxy) is 2. The molecule has 1 heterocycles. The van der Waals surface area contributed by atoms with E-state index in [1.807, 2.05) is 0 Å². The van der Waals surface area contributed by atoms with Crippen molar-refractivity contribution in [3.05, 3.63) is 53.4 Å². The number of esters is 1. The molecule has 0 aliphatic heterocycles.